The van der Waals surface area contributed by atoms with Gasteiger partial charge in [-0.15, -0.1) is 0 Å². The lowest BCUT2D eigenvalue weighted by Crippen LogP contribution is -2.69. The lowest BCUT2D eigenvalue weighted by molar-refractivity contribution is -0.380. The van der Waals surface area contributed by atoms with Crippen molar-refractivity contribution in [3.05, 3.63) is 308 Å². The molecule has 1 amide bonds. The highest BCUT2D eigenvalue weighted by Crippen LogP contribution is 2.43. The summed E-state index contributed by atoms with van der Waals surface area (Å²) in [7, 11) is 3.46. The Kier molecular flexibility index (Phi) is 32.1. The standard InChI is InChI=1S/C90H95N7O28/c1-105-83(102)77-75(122-87-66(95-97-92)70(109-47-54-30-14-5-15-31-54)67(61(44-98)115-87)108-46-53-28-12-4-13-29-53)73(111-49-56-34-18-7-19-35-56)79(113-51-58-38-22-9-23-39-58)88(123-77)119-68-62(45-99)116-86(64-72(68)125-90(104)93-64)121-76-74(112-50-57-36-20-8-21-37-57)80(118-82(101)60-42-26-11-27-43-60)89(124-78(76)84(103)106-2)120-69-63(52-114-81(100)59-40-24-10-25-41-59)117-85(107-3)65(94-96-91)71(69)110-48-55-32-16-6-17-33-55/h4-43,61-80,85-89,98-99H,44-52H2,1-3H3,(H,93,104)/t61?,62?,63?,64?,65?,66?,67-,68-,69-,70-,71-,72-,73+,74-,75+,76-,77?,78?,79?,80?,85+,86+,87-,88-,89-/m1/s1. The van der Waals surface area contributed by atoms with Gasteiger partial charge in [0.1, 0.15) is 104 Å². The van der Waals surface area contributed by atoms with Crippen LogP contribution in [0.3, 0.4) is 0 Å². The molecule has 125 heavy (non-hydrogen) atoms. The molecule has 8 aromatic rings. The number of methoxy groups -OCH3 is 3. The number of hydrogen-bond donors (Lipinski definition) is 3. The maximum absolute atomic E-state index is 15.1. The van der Waals surface area contributed by atoms with Crippen LogP contribution in [0.5, 0.6) is 0 Å². The minimum Gasteiger partial charge on any atom is -0.467 e. The molecule has 658 valence electrons. The second-order valence-corrected chi connectivity index (χ2v) is 29.7. The average Bonchev–Trinajstić information content (AvgIpc) is 1.68. The average molecular weight is 1720 g/mol. The smallest absolute Gasteiger partial charge is 0.408 e. The molecule has 10 unspecified atom stereocenters. The molecule has 0 radical (unpaired) electrons. The Morgan fingerprint density at radius 3 is 1.15 bits per heavy atom. The third kappa shape index (κ3) is 22.6. The van der Waals surface area contributed by atoms with Gasteiger partial charge in [0.25, 0.3) is 0 Å². The van der Waals surface area contributed by atoms with Crippen molar-refractivity contribution in [1.29, 1.82) is 0 Å². The number of ether oxygens (including phenoxy) is 21. The normalized spacial score (nSPS) is 30.0. The van der Waals surface area contributed by atoms with Gasteiger partial charge in [0.05, 0.1) is 78.2 Å². The largest absolute Gasteiger partial charge is 0.467 e. The molecule has 8 aromatic carbocycles. The first-order valence-corrected chi connectivity index (χ1v) is 40.5. The number of fused-ring (bicyclic) bond motifs is 1. The summed E-state index contributed by atoms with van der Waals surface area (Å²) < 4.78 is 138. The van der Waals surface area contributed by atoms with E-state index >= 15 is 9.59 Å². The molecule has 14 rings (SSSR count). The van der Waals surface area contributed by atoms with Crippen molar-refractivity contribution in [2.75, 3.05) is 41.2 Å². The van der Waals surface area contributed by atoms with Crippen molar-refractivity contribution >= 4 is 30.0 Å². The fourth-order valence-electron chi connectivity index (χ4n) is 15.6. The SMILES string of the molecule is COC(=O)C1O[C@@H](O[C@@H]2C(CO)O[C@@H](O[C@H]3C(C(=O)OC)O[C@@H](O[C@@H]4C(COC(=O)c5ccccc5)O[C@H](OC)C(N=[N+]=[N-])[C@H]4OCc4ccccc4)C(OC(=O)c4ccccc4)[C@@H]3OCc3ccccc3)C3NC(=O)O[C@H]32)C(OCc2ccccc2)[C@@H](OCc2ccccc2)[C@@H]1O[C@H]1OC(CO)[C@@H](OCc2ccccc2)[C@H](OCc2ccccc2)C1N=[N+]=[N-]. The van der Waals surface area contributed by atoms with Gasteiger partial charge < -0.3 is 115 Å². The third-order valence-corrected chi connectivity index (χ3v) is 21.7. The minimum absolute atomic E-state index is 0.00447. The molecule has 3 N–H and O–H groups in total. The van der Waals surface area contributed by atoms with E-state index in [1.54, 1.807) is 158 Å². The van der Waals surface area contributed by atoms with Crippen LogP contribution in [0.25, 0.3) is 20.9 Å². The summed E-state index contributed by atoms with van der Waals surface area (Å²) in [6, 6.07) is 65.4. The Bertz CT molecular complexity index is 4840. The van der Waals surface area contributed by atoms with E-state index in [1.807, 2.05) is 60.7 Å². The van der Waals surface area contributed by atoms with Crippen LogP contribution >= 0.6 is 0 Å². The Balaban J connectivity index is 0.824. The van der Waals surface area contributed by atoms with Crippen LogP contribution in [-0.2, 0) is 149 Å². The van der Waals surface area contributed by atoms with Crippen LogP contribution in [0.1, 0.15) is 54.1 Å². The molecule has 25 atom stereocenters. The number of alkyl carbamates (subject to hydrolysis) is 1. The second-order valence-electron chi connectivity index (χ2n) is 29.7. The first-order chi connectivity index (χ1) is 61.2. The zero-order chi connectivity index (χ0) is 87.0. The Hall–Kier alpha value is -11.2. The second kappa shape index (κ2) is 44.6. The maximum atomic E-state index is 15.1. The van der Waals surface area contributed by atoms with E-state index < -0.39 is 203 Å². The number of carbonyl (C=O) groups excluding carboxylic acids is 5. The molecule has 35 nitrogen and oxygen atoms in total. The summed E-state index contributed by atoms with van der Waals surface area (Å²) >= 11 is 0. The van der Waals surface area contributed by atoms with E-state index in [9.17, 15) is 35.7 Å². The molecular formula is C90H95N7O28. The highest BCUT2D eigenvalue weighted by atomic mass is 16.8. The van der Waals surface area contributed by atoms with Crippen LogP contribution in [0, 0.1) is 0 Å². The van der Waals surface area contributed by atoms with Gasteiger partial charge >= 0.3 is 30.0 Å². The number of amides is 1. The zero-order valence-corrected chi connectivity index (χ0v) is 68.1. The van der Waals surface area contributed by atoms with Crippen LogP contribution in [-0.4, -0.2) is 235 Å². The van der Waals surface area contributed by atoms with Crippen LogP contribution in [0.4, 0.5) is 4.79 Å². The van der Waals surface area contributed by atoms with Gasteiger partial charge in [-0.3, -0.25) is 0 Å². The summed E-state index contributed by atoms with van der Waals surface area (Å²) in [6.45, 7) is -3.18. The highest BCUT2D eigenvalue weighted by Gasteiger charge is 2.63. The van der Waals surface area contributed by atoms with Crippen molar-refractivity contribution in [2.45, 2.75) is 193 Å². The molecule has 0 aromatic heterocycles. The van der Waals surface area contributed by atoms with E-state index in [1.165, 1.54) is 31.4 Å². The molecule has 35 heteroatoms. The van der Waals surface area contributed by atoms with Crippen LogP contribution < -0.4 is 5.32 Å². The van der Waals surface area contributed by atoms with Crippen molar-refractivity contribution in [3.8, 4) is 0 Å². The summed E-state index contributed by atoms with van der Waals surface area (Å²) in [5, 5.41) is 34.3. The van der Waals surface area contributed by atoms with Gasteiger partial charge in [-0.05, 0) is 68.7 Å². The molecule has 0 saturated carbocycles. The number of nitrogens with one attached hydrogen (secondary N) is 1. The number of nitrogens with zero attached hydrogens (tertiary/aromatic N) is 6. The van der Waals surface area contributed by atoms with Gasteiger partial charge in [-0.25, -0.2) is 24.0 Å². The van der Waals surface area contributed by atoms with E-state index in [-0.39, 0.29) is 50.8 Å². The Morgan fingerprint density at radius 1 is 0.376 bits per heavy atom. The van der Waals surface area contributed by atoms with Gasteiger partial charge in [-0.1, -0.05) is 229 Å². The number of esters is 4. The summed E-state index contributed by atoms with van der Waals surface area (Å²) in [5.41, 5.74) is 24.9. The number of hydrogen-bond acceptors (Lipinski definition) is 30. The number of azide groups is 2. The number of benzene rings is 8. The van der Waals surface area contributed by atoms with Crippen LogP contribution in [0.2, 0.25) is 0 Å². The molecule has 6 aliphatic heterocycles. The Labute approximate surface area is 718 Å². The molecule has 6 heterocycles. The van der Waals surface area contributed by atoms with Gasteiger partial charge in [0.15, 0.2) is 55.9 Å². The van der Waals surface area contributed by atoms with Gasteiger partial charge in [-0.2, -0.15) is 0 Å². The zero-order valence-electron chi connectivity index (χ0n) is 68.1. The fraction of sp³-hybridized carbons (Fsp3) is 0.411. The van der Waals surface area contributed by atoms with Crippen molar-refractivity contribution in [1.82, 2.24) is 5.32 Å². The lowest BCUT2D eigenvalue weighted by atomic mass is 9.93. The predicted octanol–water partition coefficient (Wildman–Crippen LogP) is 9.56. The first-order valence-electron chi connectivity index (χ1n) is 40.5. The van der Waals surface area contributed by atoms with Crippen LogP contribution in [0.15, 0.2) is 253 Å². The van der Waals surface area contributed by atoms with Crippen molar-refractivity contribution in [3.63, 3.8) is 0 Å². The fourth-order valence-corrected chi connectivity index (χ4v) is 15.6. The van der Waals surface area contributed by atoms with Crippen molar-refractivity contribution < 1.29 is 134 Å². The summed E-state index contributed by atoms with van der Waals surface area (Å²) in [6.07, 6.45) is -37.2. The quantitative estimate of drug-likeness (QED) is 0.0106. The third-order valence-electron chi connectivity index (χ3n) is 21.7. The number of aliphatic hydroxyl groups is 2. The van der Waals surface area contributed by atoms with E-state index in [4.69, 9.17) is 99.5 Å². The monoisotopic (exact) mass is 1720 g/mol. The predicted molar refractivity (Wildman–Crippen MR) is 434 cm³/mol. The van der Waals surface area contributed by atoms with E-state index in [2.05, 4.69) is 25.4 Å². The molecule has 6 saturated heterocycles. The first kappa shape index (κ1) is 90.1. The van der Waals surface area contributed by atoms with Gasteiger partial charge in [0.2, 0.25) is 0 Å². The molecular weight excluding hydrogens is 1630 g/mol. The molecule has 0 bridgehead atoms. The van der Waals surface area contributed by atoms with Crippen molar-refractivity contribution in [2.24, 2.45) is 10.2 Å². The Morgan fingerprint density at radius 2 is 0.720 bits per heavy atom. The number of aliphatic hydroxyl groups excluding tert-OH is 2. The lowest BCUT2D eigenvalue weighted by Gasteiger charge is -2.51. The topological polar surface area (TPSA) is 429 Å². The van der Waals surface area contributed by atoms with Gasteiger partial charge in [0, 0.05) is 16.9 Å². The number of carbonyl (C=O) groups is 5. The summed E-state index contributed by atoms with van der Waals surface area (Å²) in [4.78, 5) is 79.7. The van der Waals surface area contributed by atoms with E-state index in [0.717, 1.165) is 25.3 Å². The molecule has 0 spiro atoms. The maximum Gasteiger partial charge on any atom is 0.408 e. The molecule has 6 fully saturated rings. The summed E-state index contributed by atoms with van der Waals surface area (Å²) in [5.74, 6) is -3.98. The van der Waals surface area contributed by atoms with E-state index in [0.29, 0.717) is 22.3 Å². The highest BCUT2D eigenvalue weighted by molar-refractivity contribution is 5.90. The minimum atomic E-state index is -2.03. The number of rotatable bonds is 38. The molecule has 0 aliphatic carbocycles. The molecule has 6 aliphatic rings.